The molecule has 1 N–H and O–H groups in total. The van der Waals surface area contributed by atoms with E-state index in [1.807, 2.05) is 13.8 Å². The molecule has 9 heavy (non-hydrogen) atoms. The summed E-state index contributed by atoms with van der Waals surface area (Å²) in [5.41, 5.74) is 0.660. The number of hydrogen-bond acceptors (Lipinski definition) is 3. The predicted octanol–water partition coefficient (Wildman–Crippen LogP) is 1.93. The topological polar surface area (TPSA) is 32.6 Å². The smallest absolute Gasteiger partial charge is 0.0694 e. The highest BCUT2D eigenvalue weighted by molar-refractivity contribution is 7.82. The second-order valence-corrected chi connectivity index (χ2v) is 3.30. The normalized spacial score (nSPS) is 19.3. The van der Waals surface area contributed by atoms with Crippen LogP contribution in [0.1, 0.15) is 27.2 Å². The lowest BCUT2D eigenvalue weighted by Crippen LogP contribution is -2.25. The fourth-order valence-corrected chi connectivity index (χ4v) is 0.408. The maximum atomic E-state index is 8.34. The third-order valence-electron chi connectivity index (χ3n) is 1.62. The molecule has 0 fully saturated rings. The van der Waals surface area contributed by atoms with Crippen molar-refractivity contribution >= 4 is 18.3 Å². The number of oxime groups is 1. The van der Waals surface area contributed by atoms with Gasteiger partial charge in [-0.3, -0.25) is 0 Å². The van der Waals surface area contributed by atoms with Gasteiger partial charge in [0.1, 0.15) is 0 Å². The molecule has 0 aliphatic carbocycles. The highest BCUT2D eigenvalue weighted by Crippen LogP contribution is 2.19. The maximum absolute atomic E-state index is 8.34. The lowest BCUT2D eigenvalue weighted by Gasteiger charge is -2.19. The molecule has 0 saturated carbocycles. The van der Waals surface area contributed by atoms with Crippen molar-refractivity contribution in [1.82, 2.24) is 0 Å². The molecule has 1 atom stereocenters. The van der Waals surface area contributed by atoms with E-state index >= 15 is 0 Å². The Kier molecular flexibility index (Phi) is 3.04. The van der Waals surface area contributed by atoms with Crippen LogP contribution in [0.5, 0.6) is 0 Å². The van der Waals surface area contributed by atoms with E-state index in [0.717, 1.165) is 6.42 Å². The first kappa shape index (κ1) is 8.82. The second kappa shape index (κ2) is 3.11. The summed E-state index contributed by atoms with van der Waals surface area (Å²) in [4.78, 5) is 0. The van der Waals surface area contributed by atoms with Crippen LogP contribution in [0, 0.1) is 0 Å². The Bertz CT molecular complexity index is 120. The SMILES string of the molecule is CCC(C)(S)/C(C)=N/O. The van der Waals surface area contributed by atoms with Gasteiger partial charge in [0.05, 0.1) is 10.5 Å². The first-order valence-corrected chi connectivity index (χ1v) is 3.41. The summed E-state index contributed by atoms with van der Waals surface area (Å²) in [6.07, 6.45) is 0.867. The first-order chi connectivity index (χ1) is 4.04. The Hall–Kier alpha value is -0.180. The Balaban J connectivity index is 4.14. The Morgan fingerprint density at radius 1 is 1.78 bits per heavy atom. The Morgan fingerprint density at radius 2 is 2.22 bits per heavy atom. The largest absolute Gasteiger partial charge is 0.411 e. The van der Waals surface area contributed by atoms with Crippen LogP contribution in [-0.2, 0) is 0 Å². The van der Waals surface area contributed by atoms with Crippen LogP contribution >= 0.6 is 12.6 Å². The van der Waals surface area contributed by atoms with Crippen molar-refractivity contribution in [2.24, 2.45) is 5.16 Å². The standard InChI is InChI=1S/C6H13NOS/c1-4-6(3,9)5(2)7-8/h8-9H,4H2,1-3H3/b7-5+. The van der Waals surface area contributed by atoms with Gasteiger partial charge in [-0.25, -0.2) is 0 Å². The van der Waals surface area contributed by atoms with Gasteiger partial charge in [-0.05, 0) is 20.3 Å². The van der Waals surface area contributed by atoms with Crippen molar-refractivity contribution < 1.29 is 5.21 Å². The van der Waals surface area contributed by atoms with Crippen molar-refractivity contribution in [1.29, 1.82) is 0 Å². The van der Waals surface area contributed by atoms with Gasteiger partial charge in [-0.1, -0.05) is 12.1 Å². The van der Waals surface area contributed by atoms with Crippen LogP contribution in [0.2, 0.25) is 0 Å². The molecule has 2 nitrogen and oxygen atoms in total. The molecular formula is C6H13NOS. The minimum atomic E-state index is -0.255. The third kappa shape index (κ3) is 2.26. The molecule has 0 bridgehead atoms. The molecule has 0 spiro atoms. The van der Waals surface area contributed by atoms with Crippen LogP contribution in [0.15, 0.2) is 5.16 Å². The van der Waals surface area contributed by atoms with Crippen molar-refractivity contribution in [3.63, 3.8) is 0 Å². The van der Waals surface area contributed by atoms with Crippen molar-refractivity contribution in [2.75, 3.05) is 0 Å². The van der Waals surface area contributed by atoms with Gasteiger partial charge >= 0.3 is 0 Å². The second-order valence-electron chi connectivity index (χ2n) is 2.31. The molecule has 0 aliphatic heterocycles. The zero-order valence-corrected chi connectivity index (χ0v) is 6.94. The molecule has 0 heterocycles. The van der Waals surface area contributed by atoms with Crippen molar-refractivity contribution in [3.8, 4) is 0 Å². The lowest BCUT2D eigenvalue weighted by atomic mass is 10.0. The van der Waals surface area contributed by atoms with Gasteiger partial charge in [0, 0.05) is 0 Å². The highest BCUT2D eigenvalue weighted by Gasteiger charge is 2.20. The molecule has 0 amide bonds. The summed E-state index contributed by atoms with van der Waals surface area (Å²) >= 11 is 4.27. The van der Waals surface area contributed by atoms with E-state index in [0.29, 0.717) is 5.71 Å². The van der Waals surface area contributed by atoms with Gasteiger partial charge in [-0.2, -0.15) is 12.6 Å². The monoisotopic (exact) mass is 147 g/mol. The molecule has 1 unspecified atom stereocenters. The van der Waals surface area contributed by atoms with E-state index in [9.17, 15) is 0 Å². The molecule has 0 radical (unpaired) electrons. The Morgan fingerprint density at radius 3 is 2.33 bits per heavy atom. The fourth-order valence-electron chi connectivity index (χ4n) is 0.364. The molecular weight excluding hydrogens is 134 g/mol. The fraction of sp³-hybridized carbons (Fsp3) is 0.833. The van der Waals surface area contributed by atoms with Crippen LogP contribution < -0.4 is 0 Å². The summed E-state index contributed by atoms with van der Waals surface area (Å²) < 4.78 is -0.255. The Labute approximate surface area is 61.4 Å². The van der Waals surface area contributed by atoms with E-state index in [2.05, 4.69) is 17.8 Å². The van der Waals surface area contributed by atoms with Gasteiger partial charge in [0.25, 0.3) is 0 Å². The highest BCUT2D eigenvalue weighted by atomic mass is 32.1. The lowest BCUT2D eigenvalue weighted by molar-refractivity contribution is 0.316. The summed E-state index contributed by atoms with van der Waals surface area (Å²) in [5, 5.41) is 11.4. The molecule has 0 saturated heterocycles. The molecule has 54 valence electrons. The minimum absolute atomic E-state index is 0.255. The maximum Gasteiger partial charge on any atom is 0.0694 e. The average Bonchev–Trinajstić information content (AvgIpc) is 1.86. The molecule has 0 rings (SSSR count). The molecule has 0 aliphatic rings. The van der Waals surface area contributed by atoms with Gasteiger partial charge in [-0.15, -0.1) is 0 Å². The van der Waals surface area contributed by atoms with Crippen LogP contribution in [-0.4, -0.2) is 15.7 Å². The van der Waals surface area contributed by atoms with E-state index in [1.165, 1.54) is 0 Å². The number of rotatable bonds is 2. The molecule has 3 heteroatoms. The summed E-state index contributed by atoms with van der Waals surface area (Å²) in [6, 6.07) is 0. The number of hydrogen-bond donors (Lipinski definition) is 2. The summed E-state index contributed by atoms with van der Waals surface area (Å²) in [5.74, 6) is 0. The van der Waals surface area contributed by atoms with Crippen molar-refractivity contribution in [3.05, 3.63) is 0 Å². The van der Waals surface area contributed by atoms with Gasteiger partial charge in [0.2, 0.25) is 0 Å². The number of nitrogens with zero attached hydrogens (tertiary/aromatic N) is 1. The minimum Gasteiger partial charge on any atom is -0.411 e. The van der Waals surface area contributed by atoms with Crippen LogP contribution in [0.3, 0.4) is 0 Å². The third-order valence-corrected chi connectivity index (χ3v) is 2.26. The van der Waals surface area contributed by atoms with E-state index in [-0.39, 0.29) is 4.75 Å². The van der Waals surface area contributed by atoms with Crippen molar-refractivity contribution in [2.45, 2.75) is 31.9 Å². The molecule has 0 aromatic carbocycles. The number of thiol groups is 1. The zero-order chi connectivity index (χ0) is 7.49. The molecule has 0 aromatic rings. The van der Waals surface area contributed by atoms with E-state index < -0.39 is 0 Å². The predicted molar refractivity (Wildman–Crippen MR) is 42.6 cm³/mol. The van der Waals surface area contributed by atoms with Crippen LogP contribution in [0.25, 0.3) is 0 Å². The average molecular weight is 147 g/mol. The first-order valence-electron chi connectivity index (χ1n) is 2.96. The summed E-state index contributed by atoms with van der Waals surface area (Å²) in [6.45, 7) is 5.68. The van der Waals surface area contributed by atoms with Gasteiger partial charge in [0.15, 0.2) is 0 Å². The van der Waals surface area contributed by atoms with E-state index in [1.54, 1.807) is 6.92 Å². The summed E-state index contributed by atoms with van der Waals surface area (Å²) in [7, 11) is 0. The van der Waals surface area contributed by atoms with Crippen LogP contribution in [0.4, 0.5) is 0 Å². The van der Waals surface area contributed by atoms with E-state index in [4.69, 9.17) is 5.21 Å². The zero-order valence-electron chi connectivity index (χ0n) is 6.05. The molecule has 0 aromatic heterocycles. The van der Waals surface area contributed by atoms with Gasteiger partial charge < -0.3 is 5.21 Å². The quantitative estimate of drug-likeness (QED) is 0.266.